The molecule has 2 aromatic carbocycles. The van der Waals surface area contributed by atoms with Gasteiger partial charge in [-0.05, 0) is 48.4 Å². The summed E-state index contributed by atoms with van der Waals surface area (Å²) in [5.74, 6) is 0.920. The number of alkyl halides is 2. The Labute approximate surface area is 135 Å². The molecule has 0 N–H and O–H groups in total. The lowest BCUT2D eigenvalue weighted by Gasteiger charge is -2.14. The molecule has 22 heavy (non-hydrogen) atoms. The first kappa shape index (κ1) is 16.5. The first-order valence-corrected chi connectivity index (χ1v) is 7.14. The second kappa shape index (κ2) is 6.96. The molecule has 2 aromatic rings. The van der Waals surface area contributed by atoms with Crippen LogP contribution in [-0.2, 0) is 0 Å². The van der Waals surface area contributed by atoms with Gasteiger partial charge < -0.3 is 14.2 Å². The van der Waals surface area contributed by atoms with Crippen molar-refractivity contribution in [1.82, 2.24) is 0 Å². The van der Waals surface area contributed by atoms with E-state index in [0.717, 1.165) is 22.4 Å². The van der Waals surface area contributed by atoms with Crippen LogP contribution < -0.4 is 14.2 Å². The molecule has 0 aliphatic rings. The molecule has 0 heterocycles. The van der Waals surface area contributed by atoms with Crippen LogP contribution in [0.1, 0.15) is 5.56 Å². The molecule has 0 bridgehead atoms. The van der Waals surface area contributed by atoms with E-state index in [1.54, 1.807) is 19.2 Å². The van der Waals surface area contributed by atoms with Crippen LogP contribution in [0.15, 0.2) is 28.7 Å². The molecule has 2 rings (SSSR count). The van der Waals surface area contributed by atoms with Gasteiger partial charge >= 0.3 is 6.61 Å². The third kappa shape index (κ3) is 3.50. The fourth-order valence-corrected chi connectivity index (χ4v) is 2.59. The fourth-order valence-electron chi connectivity index (χ4n) is 2.05. The summed E-state index contributed by atoms with van der Waals surface area (Å²) in [6, 6.07) is 9.80. The highest BCUT2D eigenvalue weighted by atomic mass is 79.9. The van der Waals surface area contributed by atoms with Crippen LogP contribution in [0, 0.1) is 13.0 Å². The van der Waals surface area contributed by atoms with E-state index in [4.69, 9.17) is 9.47 Å². The summed E-state index contributed by atoms with van der Waals surface area (Å²) in [4.78, 5) is 0. The molecule has 0 aliphatic heterocycles. The second-order valence-corrected chi connectivity index (χ2v) is 5.31. The maximum absolute atomic E-state index is 12.4. The zero-order valence-electron chi connectivity index (χ0n) is 12.2. The van der Waals surface area contributed by atoms with Crippen molar-refractivity contribution in [3.8, 4) is 28.4 Å². The van der Waals surface area contributed by atoms with E-state index >= 15 is 0 Å². The second-order valence-electron chi connectivity index (χ2n) is 4.46. The third-order valence-corrected chi connectivity index (χ3v) is 3.74. The number of aryl methyl sites for hydroxylation is 1. The number of hydrogen-bond donors (Lipinski definition) is 0. The lowest BCUT2D eigenvalue weighted by atomic mass is 10.0. The Morgan fingerprint density at radius 1 is 1.05 bits per heavy atom. The van der Waals surface area contributed by atoms with Crippen LogP contribution in [0.3, 0.4) is 0 Å². The largest absolute Gasteiger partial charge is 0.496 e. The molecule has 0 atom stereocenters. The van der Waals surface area contributed by atoms with Crippen LogP contribution in [0.2, 0.25) is 0 Å². The molecular weight excluding hydrogens is 358 g/mol. The van der Waals surface area contributed by atoms with Crippen molar-refractivity contribution in [1.29, 1.82) is 0 Å². The minimum absolute atomic E-state index is 0.0293. The average molecular weight is 372 g/mol. The normalized spacial score (nSPS) is 10.7. The van der Waals surface area contributed by atoms with Crippen LogP contribution in [0.5, 0.6) is 17.2 Å². The summed E-state index contributed by atoms with van der Waals surface area (Å²) in [5, 5.41) is 0. The van der Waals surface area contributed by atoms with Gasteiger partial charge in [0.2, 0.25) is 0 Å². The molecule has 0 unspecified atom stereocenters. The molecule has 117 valence electrons. The summed E-state index contributed by atoms with van der Waals surface area (Å²) in [5.41, 5.74) is 2.48. The quantitative estimate of drug-likeness (QED) is 0.752. The third-order valence-electron chi connectivity index (χ3n) is 3.09. The number of benzene rings is 2. The minimum atomic E-state index is -2.92. The molecule has 6 heteroatoms. The van der Waals surface area contributed by atoms with Crippen molar-refractivity contribution in [3.05, 3.63) is 40.4 Å². The van der Waals surface area contributed by atoms with Gasteiger partial charge in [-0.2, -0.15) is 8.78 Å². The molecule has 0 aromatic heterocycles. The van der Waals surface area contributed by atoms with Gasteiger partial charge in [0, 0.05) is 10.0 Å². The summed E-state index contributed by atoms with van der Waals surface area (Å²) in [7, 11) is 2.99. The van der Waals surface area contributed by atoms with Gasteiger partial charge in [0.15, 0.2) is 11.5 Å². The lowest BCUT2D eigenvalue weighted by molar-refractivity contribution is -0.0512. The SMILES string of the molecule is COc1c[c]c(-c2cc(OC)c(OC(F)F)cc2Br)cc1C. The molecule has 0 saturated heterocycles. The zero-order valence-corrected chi connectivity index (χ0v) is 13.8. The van der Waals surface area contributed by atoms with Gasteiger partial charge in [-0.25, -0.2) is 0 Å². The Kier molecular flexibility index (Phi) is 5.24. The average Bonchev–Trinajstić information content (AvgIpc) is 2.47. The van der Waals surface area contributed by atoms with Crippen molar-refractivity contribution < 1.29 is 23.0 Å². The van der Waals surface area contributed by atoms with E-state index in [1.165, 1.54) is 13.2 Å². The van der Waals surface area contributed by atoms with E-state index in [0.29, 0.717) is 4.47 Å². The molecule has 0 aliphatic carbocycles. The maximum atomic E-state index is 12.4. The Balaban J connectivity index is 2.49. The van der Waals surface area contributed by atoms with E-state index in [-0.39, 0.29) is 11.5 Å². The van der Waals surface area contributed by atoms with Crippen molar-refractivity contribution in [2.75, 3.05) is 14.2 Å². The Morgan fingerprint density at radius 2 is 1.73 bits per heavy atom. The predicted octanol–water partition coefficient (Wildman–Crippen LogP) is 4.84. The maximum Gasteiger partial charge on any atom is 0.387 e. The van der Waals surface area contributed by atoms with Gasteiger partial charge in [0.1, 0.15) is 5.75 Å². The van der Waals surface area contributed by atoms with Crippen molar-refractivity contribution >= 4 is 15.9 Å². The summed E-state index contributed by atoms with van der Waals surface area (Å²) in [6.45, 7) is -1.00. The van der Waals surface area contributed by atoms with Gasteiger partial charge in [0.25, 0.3) is 0 Å². The number of ether oxygens (including phenoxy) is 3. The van der Waals surface area contributed by atoms with Gasteiger partial charge in [0.05, 0.1) is 14.2 Å². The molecule has 0 fully saturated rings. The molecule has 1 radical (unpaired) electrons. The van der Waals surface area contributed by atoms with Gasteiger partial charge in [-0.1, -0.05) is 15.9 Å². The Morgan fingerprint density at radius 3 is 2.27 bits per heavy atom. The Hall–Kier alpha value is -1.82. The smallest absolute Gasteiger partial charge is 0.387 e. The highest BCUT2D eigenvalue weighted by Crippen LogP contribution is 2.40. The number of halogens is 3. The number of rotatable bonds is 5. The fraction of sp³-hybridized carbons (Fsp3) is 0.250. The van der Waals surface area contributed by atoms with Crippen molar-refractivity contribution in [2.24, 2.45) is 0 Å². The molecular formula is C16H14BrF2O3. The van der Waals surface area contributed by atoms with E-state index in [1.807, 2.05) is 13.0 Å². The van der Waals surface area contributed by atoms with Crippen molar-refractivity contribution in [2.45, 2.75) is 13.5 Å². The van der Waals surface area contributed by atoms with Crippen LogP contribution in [0.25, 0.3) is 11.1 Å². The van der Waals surface area contributed by atoms with Gasteiger partial charge in [-0.3, -0.25) is 0 Å². The molecule has 0 amide bonds. The Bertz CT molecular complexity index is 675. The monoisotopic (exact) mass is 371 g/mol. The van der Waals surface area contributed by atoms with Crippen LogP contribution in [0.4, 0.5) is 8.78 Å². The van der Waals surface area contributed by atoms with Crippen LogP contribution >= 0.6 is 15.9 Å². The highest BCUT2D eigenvalue weighted by molar-refractivity contribution is 9.10. The van der Waals surface area contributed by atoms with E-state index < -0.39 is 6.61 Å². The zero-order chi connectivity index (χ0) is 16.3. The number of methoxy groups -OCH3 is 2. The summed E-state index contributed by atoms with van der Waals surface area (Å²) in [6.07, 6.45) is 0. The van der Waals surface area contributed by atoms with Crippen LogP contribution in [-0.4, -0.2) is 20.8 Å². The highest BCUT2D eigenvalue weighted by Gasteiger charge is 2.15. The molecule has 0 saturated carbocycles. The topological polar surface area (TPSA) is 27.7 Å². The first-order valence-electron chi connectivity index (χ1n) is 6.35. The van der Waals surface area contributed by atoms with E-state index in [9.17, 15) is 8.78 Å². The molecule has 3 nitrogen and oxygen atoms in total. The predicted molar refractivity (Wildman–Crippen MR) is 82.9 cm³/mol. The lowest BCUT2D eigenvalue weighted by Crippen LogP contribution is -2.03. The van der Waals surface area contributed by atoms with Gasteiger partial charge in [-0.15, -0.1) is 0 Å². The summed E-state index contributed by atoms with van der Waals surface area (Å²) >= 11 is 3.37. The standard InChI is InChI=1S/C16H14BrF2O3/c1-9-6-10(4-5-13(9)20-2)11-7-14(21-3)15(8-12(11)17)22-16(18)19/h5-8,16H,1-3H3. The van der Waals surface area contributed by atoms with E-state index in [2.05, 4.69) is 26.7 Å². The minimum Gasteiger partial charge on any atom is -0.496 e. The first-order chi connectivity index (χ1) is 10.5. The number of hydrogen-bond acceptors (Lipinski definition) is 3. The molecule has 0 spiro atoms. The van der Waals surface area contributed by atoms with Crippen molar-refractivity contribution in [3.63, 3.8) is 0 Å². The summed E-state index contributed by atoms with van der Waals surface area (Å²) < 4.78 is 40.2.